The topological polar surface area (TPSA) is 17.1 Å². The lowest BCUT2D eigenvalue weighted by Gasteiger charge is -2.30. The predicted molar refractivity (Wildman–Crippen MR) is 55.4 cm³/mol. The number of Topliss-reactive ketones (excluding diaryl/α,β-unsaturated/α-hetero) is 1. The summed E-state index contributed by atoms with van der Waals surface area (Å²) in [4.78, 5) is 10.7. The smallest absolute Gasteiger partial charge is 0.288 e. The molecule has 15 heavy (non-hydrogen) atoms. The maximum atomic E-state index is 11.9. The molecule has 0 aliphatic rings. The Balaban J connectivity index is 5.03. The van der Waals surface area contributed by atoms with Gasteiger partial charge in [0.25, 0.3) is 5.78 Å². The molecule has 1 unspecified atom stereocenters. The van der Waals surface area contributed by atoms with Crippen LogP contribution < -0.4 is 0 Å². The van der Waals surface area contributed by atoms with E-state index >= 15 is 0 Å². The number of carbonyl (C=O) groups excluding carboxylic acids is 1. The minimum Gasteiger partial charge on any atom is -0.288 e. The Kier molecular flexibility index (Phi) is 5.21. The lowest BCUT2D eigenvalue weighted by molar-refractivity contribution is -0.170. The van der Waals surface area contributed by atoms with E-state index in [-0.39, 0.29) is 0 Å². The van der Waals surface area contributed by atoms with Crippen LogP contribution in [0.1, 0.15) is 0 Å². The molecule has 0 radical (unpaired) electrons. The van der Waals surface area contributed by atoms with Gasteiger partial charge in [-0.05, 0) is 0 Å². The van der Waals surface area contributed by atoms with Crippen LogP contribution in [-0.2, 0) is 4.79 Å². The van der Waals surface area contributed by atoms with Crippen molar-refractivity contribution in [3.8, 4) is 0 Å². The number of hydrogen-bond acceptors (Lipinski definition) is 1. The Bertz CT molecular complexity index is 256. The summed E-state index contributed by atoms with van der Waals surface area (Å²) in [5, 5.41) is -2.42. The van der Waals surface area contributed by atoms with Crippen molar-refractivity contribution in [1.82, 2.24) is 0 Å². The molecule has 1 atom stereocenters. The van der Waals surface area contributed by atoms with Gasteiger partial charge in [-0.15, -0.1) is 11.6 Å². The van der Waals surface area contributed by atoms with Crippen LogP contribution in [0.3, 0.4) is 0 Å². The van der Waals surface area contributed by atoms with Crippen molar-refractivity contribution >= 4 is 75.4 Å². The normalized spacial score (nSPS) is 16.3. The molecule has 0 bridgehead atoms. The Morgan fingerprint density at radius 2 is 1.33 bits per heavy atom. The van der Waals surface area contributed by atoms with Crippen molar-refractivity contribution in [1.29, 1.82) is 0 Å². The summed E-state index contributed by atoms with van der Waals surface area (Å²) in [7, 11) is 0. The van der Waals surface area contributed by atoms with Gasteiger partial charge in [0.15, 0.2) is 4.33 Å². The van der Waals surface area contributed by atoms with Gasteiger partial charge in [-0.2, -0.15) is 13.2 Å². The third-order valence-corrected chi connectivity index (χ3v) is 4.43. The molecule has 0 spiro atoms. The fraction of sp³-hybridized carbons (Fsp3) is 0.800. The summed E-state index contributed by atoms with van der Waals surface area (Å²) < 4.78 is 30.6. The number of hydrogen-bond donors (Lipinski definition) is 0. The number of carbonyl (C=O) groups is 1. The molecule has 1 nitrogen and oxygen atoms in total. The molecule has 0 aromatic carbocycles. The van der Waals surface area contributed by atoms with E-state index < -0.39 is 25.5 Å². The molecule has 0 amide bonds. The molecule has 0 aliphatic heterocycles. The SMILES string of the molecule is O=C(C(Cl)C(Cl)(Cl)C(Cl)(Cl)Cl)C(F)(F)F. The summed E-state index contributed by atoms with van der Waals surface area (Å²) in [5.41, 5.74) is 0. The molecule has 0 aromatic heterocycles. The van der Waals surface area contributed by atoms with Gasteiger partial charge in [-0.3, -0.25) is 4.79 Å². The van der Waals surface area contributed by atoms with Crippen molar-refractivity contribution in [3.05, 3.63) is 0 Å². The molecule has 0 N–H and O–H groups in total. The van der Waals surface area contributed by atoms with Crippen LogP contribution >= 0.6 is 69.6 Å². The first-order valence-corrected chi connectivity index (χ1v) is 5.34. The highest BCUT2D eigenvalue weighted by Gasteiger charge is 2.58. The lowest BCUT2D eigenvalue weighted by Crippen LogP contribution is -2.48. The Labute approximate surface area is 113 Å². The first-order chi connectivity index (χ1) is 6.32. The molecule has 0 aromatic rings. The second-order valence-corrected chi connectivity index (χ2v) is 6.45. The minimum absolute atomic E-state index is 2.39. The van der Waals surface area contributed by atoms with Crippen LogP contribution in [-0.4, -0.2) is 25.5 Å². The van der Waals surface area contributed by atoms with Crippen LogP contribution in [0.2, 0.25) is 0 Å². The number of rotatable bonds is 2. The summed E-state index contributed by atoms with van der Waals surface area (Å²) in [5.74, 6) is -2.39. The Hall–Kier alpha value is 1.20. The zero-order valence-corrected chi connectivity index (χ0v) is 10.9. The van der Waals surface area contributed by atoms with E-state index in [1.807, 2.05) is 0 Å². The van der Waals surface area contributed by atoms with E-state index in [9.17, 15) is 18.0 Å². The van der Waals surface area contributed by atoms with Crippen molar-refractivity contribution in [2.45, 2.75) is 19.7 Å². The fourth-order valence-corrected chi connectivity index (χ4v) is 1.43. The lowest BCUT2D eigenvalue weighted by atomic mass is 10.2. The first-order valence-electron chi connectivity index (χ1n) is 3.01. The van der Waals surface area contributed by atoms with Crippen LogP contribution in [0.4, 0.5) is 13.2 Å². The van der Waals surface area contributed by atoms with Gasteiger partial charge >= 0.3 is 6.18 Å². The molecule has 0 rings (SSSR count). The monoisotopic (exact) mass is 344 g/mol. The maximum Gasteiger partial charge on any atom is 0.451 e. The van der Waals surface area contributed by atoms with Crippen LogP contribution in [0.15, 0.2) is 0 Å². The highest BCUT2D eigenvalue weighted by Crippen LogP contribution is 2.50. The number of halogens is 9. The Morgan fingerprint density at radius 3 is 1.53 bits per heavy atom. The van der Waals surface area contributed by atoms with E-state index in [1.165, 1.54) is 0 Å². The molecule has 0 saturated carbocycles. The third-order valence-electron chi connectivity index (χ3n) is 1.21. The average molecular weight is 347 g/mol. The zero-order chi connectivity index (χ0) is 12.7. The van der Waals surface area contributed by atoms with Crippen LogP contribution in [0, 0.1) is 0 Å². The largest absolute Gasteiger partial charge is 0.451 e. The van der Waals surface area contributed by atoms with Crippen molar-refractivity contribution in [2.75, 3.05) is 0 Å². The van der Waals surface area contributed by atoms with Gasteiger partial charge < -0.3 is 0 Å². The molecule has 10 heteroatoms. The van der Waals surface area contributed by atoms with Crippen molar-refractivity contribution < 1.29 is 18.0 Å². The quantitative estimate of drug-likeness (QED) is 0.682. The first kappa shape index (κ1) is 16.2. The van der Waals surface area contributed by atoms with Crippen molar-refractivity contribution in [2.24, 2.45) is 0 Å². The Morgan fingerprint density at radius 1 is 1.00 bits per heavy atom. The second-order valence-electron chi connectivity index (χ2n) is 2.35. The molecule has 0 aliphatic carbocycles. The summed E-state index contributed by atoms with van der Waals surface area (Å²) in [6.07, 6.45) is -5.21. The van der Waals surface area contributed by atoms with Gasteiger partial charge in [-0.1, -0.05) is 58.0 Å². The van der Waals surface area contributed by atoms with E-state index in [4.69, 9.17) is 69.6 Å². The molecular weight excluding hydrogens is 346 g/mol. The standard InChI is InChI=1S/C5HCl6F3O/c6-1(2(15)4(12,13)14)3(7,8)5(9,10)11/h1H. The minimum atomic E-state index is -5.21. The fourth-order valence-electron chi connectivity index (χ4n) is 0.452. The summed E-state index contributed by atoms with van der Waals surface area (Å²) in [6.45, 7) is 0. The summed E-state index contributed by atoms with van der Waals surface area (Å²) in [6, 6.07) is 0. The van der Waals surface area contributed by atoms with E-state index in [1.54, 1.807) is 0 Å². The maximum absolute atomic E-state index is 11.9. The molecule has 0 saturated heterocycles. The average Bonchev–Trinajstić information content (AvgIpc) is 1.97. The van der Waals surface area contributed by atoms with Gasteiger partial charge in [-0.25, -0.2) is 0 Å². The van der Waals surface area contributed by atoms with Gasteiger partial charge in [0, 0.05) is 0 Å². The van der Waals surface area contributed by atoms with E-state index in [0.29, 0.717) is 0 Å². The van der Waals surface area contributed by atoms with Gasteiger partial charge in [0.05, 0.1) is 0 Å². The highest BCUT2D eigenvalue weighted by atomic mass is 35.6. The number of ketones is 1. The number of alkyl halides is 9. The summed E-state index contributed by atoms with van der Waals surface area (Å²) >= 11 is 31.2. The highest BCUT2D eigenvalue weighted by molar-refractivity contribution is 6.77. The third kappa shape index (κ3) is 3.86. The van der Waals surface area contributed by atoms with Crippen LogP contribution in [0.5, 0.6) is 0 Å². The van der Waals surface area contributed by atoms with Gasteiger partial charge in [0.2, 0.25) is 3.79 Å². The van der Waals surface area contributed by atoms with Crippen molar-refractivity contribution in [3.63, 3.8) is 0 Å². The molecule has 0 fully saturated rings. The van der Waals surface area contributed by atoms with Gasteiger partial charge in [0.1, 0.15) is 5.38 Å². The molecular formula is C5HCl6F3O. The molecule has 90 valence electrons. The van der Waals surface area contributed by atoms with E-state index in [2.05, 4.69) is 0 Å². The molecule has 0 heterocycles. The van der Waals surface area contributed by atoms with E-state index in [0.717, 1.165) is 0 Å². The zero-order valence-electron chi connectivity index (χ0n) is 6.39. The second kappa shape index (κ2) is 4.83. The van der Waals surface area contributed by atoms with Crippen LogP contribution in [0.25, 0.3) is 0 Å². The predicted octanol–water partition coefficient (Wildman–Crippen LogP) is 4.27.